The summed E-state index contributed by atoms with van der Waals surface area (Å²) in [7, 11) is 0. The number of fused-ring (bicyclic) bond motifs is 6. The van der Waals surface area contributed by atoms with Crippen molar-refractivity contribution in [3.8, 4) is 22.8 Å². The van der Waals surface area contributed by atoms with Crippen LogP contribution in [0, 0.1) is 0 Å². The van der Waals surface area contributed by atoms with Gasteiger partial charge in [-0.25, -0.2) is 4.98 Å². The minimum absolute atomic E-state index is 0.195. The van der Waals surface area contributed by atoms with Crippen molar-refractivity contribution in [2.45, 2.75) is 0 Å². The predicted octanol–water partition coefficient (Wildman–Crippen LogP) is 8.59. The lowest BCUT2D eigenvalue weighted by Crippen LogP contribution is -1.97. The van der Waals surface area contributed by atoms with E-state index in [1.807, 2.05) is 0 Å². The Morgan fingerprint density at radius 1 is 0.485 bits per heavy atom. The van der Waals surface area contributed by atoms with E-state index in [1.165, 1.54) is 40.3 Å². The first-order valence-corrected chi connectivity index (χ1v) is 12.5. The minimum atomic E-state index is 0.195. The van der Waals surface area contributed by atoms with Crippen molar-refractivity contribution in [1.29, 1.82) is 0 Å². The lowest BCUT2D eigenvalue weighted by atomic mass is 10.1. The van der Waals surface area contributed by atoms with Crippen molar-refractivity contribution in [1.82, 2.24) is 15.0 Å². The van der Waals surface area contributed by atoms with Crippen LogP contribution >= 0.6 is 34.3 Å². The summed E-state index contributed by atoms with van der Waals surface area (Å²) in [6.45, 7) is 0. The van der Waals surface area contributed by atoms with Gasteiger partial charge in [-0.15, -0.1) is 22.7 Å². The quantitative estimate of drug-likeness (QED) is 0.249. The zero-order valence-corrected chi connectivity index (χ0v) is 19.5. The van der Waals surface area contributed by atoms with E-state index in [9.17, 15) is 0 Å². The van der Waals surface area contributed by atoms with Crippen molar-refractivity contribution in [3.63, 3.8) is 0 Å². The molecule has 0 N–H and O–H groups in total. The van der Waals surface area contributed by atoms with Crippen LogP contribution in [0.4, 0.5) is 0 Å². The van der Waals surface area contributed by atoms with Gasteiger partial charge in [-0.3, -0.25) is 0 Å². The van der Waals surface area contributed by atoms with Gasteiger partial charge in [0.05, 0.1) is 0 Å². The number of hydrogen-bond donors (Lipinski definition) is 0. The molecule has 0 fully saturated rings. The Morgan fingerprint density at radius 3 is 1.45 bits per heavy atom. The van der Waals surface area contributed by atoms with Crippen LogP contribution in [0.2, 0.25) is 5.28 Å². The molecule has 7 rings (SSSR count). The number of hydrogen-bond acceptors (Lipinski definition) is 5. The number of aromatic nitrogens is 3. The molecule has 0 spiro atoms. The number of thiophene rings is 2. The Bertz CT molecular complexity index is 1720. The Hall–Kier alpha value is -3.38. The van der Waals surface area contributed by atoms with E-state index in [0.29, 0.717) is 11.6 Å². The topological polar surface area (TPSA) is 38.7 Å². The van der Waals surface area contributed by atoms with Crippen molar-refractivity contribution in [2.75, 3.05) is 0 Å². The summed E-state index contributed by atoms with van der Waals surface area (Å²) >= 11 is 9.96. The molecule has 6 heteroatoms. The molecule has 0 amide bonds. The average Bonchev–Trinajstić information content (AvgIpc) is 3.41. The van der Waals surface area contributed by atoms with Crippen molar-refractivity contribution in [2.24, 2.45) is 0 Å². The number of rotatable bonds is 2. The first-order chi connectivity index (χ1) is 16.2. The summed E-state index contributed by atoms with van der Waals surface area (Å²) in [6, 6.07) is 29.6. The molecule has 156 valence electrons. The summed E-state index contributed by atoms with van der Waals surface area (Å²) < 4.78 is 5.04. The van der Waals surface area contributed by atoms with Gasteiger partial charge in [0.15, 0.2) is 11.6 Å². The van der Waals surface area contributed by atoms with Gasteiger partial charge in [-0.2, -0.15) is 9.97 Å². The van der Waals surface area contributed by atoms with E-state index in [4.69, 9.17) is 16.6 Å². The second kappa shape index (κ2) is 7.32. The lowest BCUT2D eigenvalue weighted by molar-refractivity contribution is 1.07. The van der Waals surface area contributed by atoms with Gasteiger partial charge in [-0.05, 0) is 60.1 Å². The van der Waals surface area contributed by atoms with Gasteiger partial charge in [0, 0.05) is 51.5 Å². The van der Waals surface area contributed by atoms with Gasteiger partial charge in [0.2, 0.25) is 5.28 Å². The third kappa shape index (κ3) is 3.12. The van der Waals surface area contributed by atoms with Gasteiger partial charge in [0.1, 0.15) is 0 Å². The van der Waals surface area contributed by atoms with Crippen molar-refractivity contribution in [3.05, 3.63) is 90.2 Å². The largest absolute Gasteiger partial charge is 0.226 e. The molecule has 0 radical (unpaired) electrons. The minimum Gasteiger partial charge on any atom is -0.208 e. The fraction of sp³-hybridized carbons (Fsp3) is 0. The van der Waals surface area contributed by atoms with Gasteiger partial charge >= 0.3 is 0 Å². The standard InChI is InChI=1S/C27H14ClN3S2/c28-27-30-25(15-9-11-23-19(13-15)17-5-1-3-7-21(17)32-23)29-26(31-27)16-10-12-24-20(14-16)18-6-2-4-8-22(18)33-24/h1-14H. The summed E-state index contributed by atoms with van der Waals surface area (Å²) in [5.74, 6) is 1.16. The van der Waals surface area contributed by atoms with E-state index < -0.39 is 0 Å². The van der Waals surface area contributed by atoms with Crippen molar-refractivity contribution >= 4 is 74.6 Å². The lowest BCUT2D eigenvalue weighted by Gasteiger charge is -2.06. The molecule has 0 unspecified atom stereocenters. The number of nitrogens with zero attached hydrogens (tertiary/aromatic N) is 3. The molecule has 3 heterocycles. The molecule has 3 aromatic heterocycles. The van der Waals surface area contributed by atoms with E-state index in [0.717, 1.165) is 11.1 Å². The highest BCUT2D eigenvalue weighted by Gasteiger charge is 2.13. The fourth-order valence-electron chi connectivity index (χ4n) is 4.34. The zero-order valence-electron chi connectivity index (χ0n) is 17.1. The van der Waals surface area contributed by atoms with E-state index >= 15 is 0 Å². The molecular weight excluding hydrogens is 466 g/mol. The van der Waals surface area contributed by atoms with Crippen LogP contribution in [0.3, 0.4) is 0 Å². The van der Waals surface area contributed by atoms with Gasteiger partial charge in [0.25, 0.3) is 0 Å². The first kappa shape index (κ1) is 19.1. The molecule has 0 aliphatic rings. The van der Waals surface area contributed by atoms with Crippen LogP contribution in [-0.4, -0.2) is 15.0 Å². The zero-order chi connectivity index (χ0) is 21.9. The molecule has 3 nitrogen and oxygen atoms in total. The van der Waals surface area contributed by atoms with Gasteiger partial charge < -0.3 is 0 Å². The maximum absolute atomic E-state index is 6.38. The van der Waals surface area contributed by atoms with Crippen LogP contribution in [0.25, 0.3) is 63.1 Å². The second-order valence-electron chi connectivity index (χ2n) is 7.87. The first-order valence-electron chi connectivity index (χ1n) is 10.5. The fourth-order valence-corrected chi connectivity index (χ4v) is 6.67. The third-order valence-electron chi connectivity index (χ3n) is 5.88. The molecule has 0 saturated heterocycles. The Kier molecular flexibility index (Phi) is 4.24. The molecule has 7 aromatic rings. The highest BCUT2D eigenvalue weighted by molar-refractivity contribution is 7.26. The molecule has 0 saturated carbocycles. The second-order valence-corrected chi connectivity index (χ2v) is 10.4. The predicted molar refractivity (Wildman–Crippen MR) is 141 cm³/mol. The Labute approximate surface area is 202 Å². The van der Waals surface area contributed by atoms with Crippen LogP contribution in [0.1, 0.15) is 0 Å². The molecule has 0 bridgehead atoms. The van der Waals surface area contributed by atoms with Crippen LogP contribution in [0.15, 0.2) is 84.9 Å². The summed E-state index contributed by atoms with van der Waals surface area (Å²) in [6.07, 6.45) is 0. The molecular formula is C27H14ClN3S2. The summed E-state index contributed by atoms with van der Waals surface area (Å²) in [5, 5.41) is 5.10. The maximum atomic E-state index is 6.38. The monoisotopic (exact) mass is 479 g/mol. The molecule has 4 aromatic carbocycles. The van der Waals surface area contributed by atoms with E-state index in [1.54, 1.807) is 22.7 Å². The Balaban J connectivity index is 1.39. The van der Waals surface area contributed by atoms with Crippen LogP contribution < -0.4 is 0 Å². The third-order valence-corrected chi connectivity index (χ3v) is 8.35. The highest BCUT2D eigenvalue weighted by atomic mass is 35.5. The highest BCUT2D eigenvalue weighted by Crippen LogP contribution is 2.37. The summed E-state index contributed by atoms with van der Waals surface area (Å²) in [4.78, 5) is 13.7. The molecule has 0 atom stereocenters. The normalized spacial score (nSPS) is 11.8. The number of benzene rings is 4. The smallest absolute Gasteiger partial charge is 0.208 e. The molecule has 33 heavy (non-hydrogen) atoms. The van der Waals surface area contributed by atoms with Crippen LogP contribution in [-0.2, 0) is 0 Å². The van der Waals surface area contributed by atoms with E-state index in [-0.39, 0.29) is 5.28 Å². The summed E-state index contributed by atoms with van der Waals surface area (Å²) in [5.41, 5.74) is 1.86. The Morgan fingerprint density at radius 2 is 0.939 bits per heavy atom. The van der Waals surface area contributed by atoms with Gasteiger partial charge in [-0.1, -0.05) is 36.4 Å². The SMILES string of the molecule is Clc1nc(-c2ccc3sc4ccccc4c3c2)nc(-c2ccc3sc4ccccc4c3c2)n1. The molecule has 0 aliphatic carbocycles. The maximum Gasteiger partial charge on any atom is 0.226 e. The van der Waals surface area contributed by atoms with E-state index in [2.05, 4.69) is 94.9 Å². The molecule has 0 aliphatic heterocycles. The van der Waals surface area contributed by atoms with Crippen LogP contribution in [0.5, 0.6) is 0 Å². The number of halogens is 1. The average molecular weight is 480 g/mol. The van der Waals surface area contributed by atoms with Crippen molar-refractivity contribution < 1.29 is 0 Å².